The average Bonchev–Trinajstić information content (AvgIpc) is 3.21. The number of methoxy groups -OCH3 is 4. The van der Waals surface area contributed by atoms with Gasteiger partial charge in [-0.1, -0.05) is 19.9 Å². The van der Waals surface area contributed by atoms with Gasteiger partial charge in [0.2, 0.25) is 0 Å². The number of ether oxygens (including phenoxy) is 4. The van der Waals surface area contributed by atoms with Crippen LogP contribution in [0.5, 0.6) is 23.0 Å². The van der Waals surface area contributed by atoms with Crippen molar-refractivity contribution < 1.29 is 33.6 Å². The minimum absolute atomic E-state index is 0.0168. The first-order chi connectivity index (χ1) is 15.4. The van der Waals surface area contributed by atoms with E-state index >= 15 is 0 Å². The summed E-state index contributed by atoms with van der Waals surface area (Å²) in [7, 11) is 5.82. The van der Waals surface area contributed by atoms with Crippen molar-refractivity contribution in [2.24, 2.45) is 0 Å². The molecule has 32 heavy (non-hydrogen) atoms. The molecule has 7 nitrogen and oxygen atoms in total. The third-order valence-corrected chi connectivity index (χ3v) is 6.65. The third-order valence-electron chi connectivity index (χ3n) is 5.32. The zero-order chi connectivity index (χ0) is 23.6. The second kappa shape index (κ2) is 9.48. The molecule has 0 spiro atoms. The van der Waals surface area contributed by atoms with E-state index in [9.17, 15) is 14.7 Å². The first-order valence-electron chi connectivity index (χ1n) is 10.1. The number of esters is 1. The van der Waals surface area contributed by atoms with Gasteiger partial charge in [0.1, 0.15) is 11.5 Å². The van der Waals surface area contributed by atoms with Gasteiger partial charge in [-0.3, -0.25) is 4.79 Å². The summed E-state index contributed by atoms with van der Waals surface area (Å²) >= 11 is 1.40. The predicted octanol–water partition coefficient (Wildman–Crippen LogP) is 5.24. The molecule has 1 aromatic heterocycles. The first kappa shape index (κ1) is 23.4. The molecule has 3 rings (SSSR count). The van der Waals surface area contributed by atoms with Gasteiger partial charge >= 0.3 is 5.97 Å². The molecule has 0 fully saturated rings. The van der Waals surface area contributed by atoms with E-state index in [2.05, 4.69) is 0 Å². The summed E-state index contributed by atoms with van der Waals surface area (Å²) < 4.78 is 22.1. The summed E-state index contributed by atoms with van der Waals surface area (Å²) in [4.78, 5) is 26.8. The smallest absolute Gasteiger partial charge is 0.339 e. The number of hydrogen-bond donors (Lipinski definition) is 1. The van der Waals surface area contributed by atoms with Crippen LogP contribution in [0.25, 0.3) is 21.2 Å². The number of aromatic hydroxyl groups is 1. The number of thiophene rings is 1. The van der Waals surface area contributed by atoms with Crippen molar-refractivity contribution in [2.75, 3.05) is 28.4 Å². The summed E-state index contributed by atoms with van der Waals surface area (Å²) in [5.41, 5.74) is 1.04. The van der Waals surface area contributed by atoms with Crippen molar-refractivity contribution in [3.05, 3.63) is 34.2 Å². The Hall–Kier alpha value is -3.26. The van der Waals surface area contributed by atoms with Gasteiger partial charge < -0.3 is 24.1 Å². The molecule has 3 aromatic rings. The maximum Gasteiger partial charge on any atom is 0.339 e. The fraction of sp³-hybridized carbons (Fsp3) is 0.333. The largest absolute Gasteiger partial charge is 0.506 e. The minimum Gasteiger partial charge on any atom is -0.506 e. The number of hydrogen-bond acceptors (Lipinski definition) is 8. The quantitative estimate of drug-likeness (QED) is 0.364. The molecule has 0 bridgehead atoms. The van der Waals surface area contributed by atoms with Crippen LogP contribution in [0.2, 0.25) is 0 Å². The Morgan fingerprint density at radius 1 is 0.969 bits per heavy atom. The molecule has 1 heterocycles. The van der Waals surface area contributed by atoms with Crippen LogP contribution in [-0.4, -0.2) is 45.3 Å². The van der Waals surface area contributed by atoms with Gasteiger partial charge in [-0.05, 0) is 24.1 Å². The SMILES string of the molecule is CCC(=O)c1c(C(=O)OC)c(-c2ccc(OC)c(OC)c2)c2sc(CC)c(OC)c2c1O. The highest BCUT2D eigenvalue weighted by molar-refractivity contribution is 7.20. The Labute approximate surface area is 190 Å². The highest BCUT2D eigenvalue weighted by Crippen LogP contribution is 2.51. The van der Waals surface area contributed by atoms with Crippen molar-refractivity contribution in [1.82, 2.24) is 0 Å². The van der Waals surface area contributed by atoms with E-state index in [-0.39, 0.29) is 29.1 Å². The molecule has 0 aliphatic carbocycles. The molecule has 8 heteroatoms. The molecule has 2 aromatic carbocycles. The first-order valence-corrected chi connectivity index (χ1v) is 10.9. The normalized spacial score (nSPS) is 10.8. The molecular formula is C24H26O7S. The Bertz CT molecular complexity index is 1190. The number of carbonyl (C=O) groups excluding carboxylic acids is 2. The molecule has 0 aliphatic rings. The van der Waals surface area contributed by atoms with E-state index in [1.165, 1.54) is 39.8 Å². The van der Waals surface area contributed by atoms with Gasteiger partial charge in [0.25, 0.3) is 0 Å². The second-order valence-corrected chi connectivity index (χ2v) is 8.03. The number of phenols is 1. The van der Waals surface area contributed by atoms with Crippen molar-refractivity contribution in [3.63, 3.8) is 0 Å². The Morgan fingerprint density at radius 2 is 1.66 bits per heavy atom. The summed E-state index contributed by atoms with van der Waals surface area (Å²) in [5, 5.41) is 11.6. The fourth-order valence-corrected chi connectivity index (χ4v) is 5.09. The number of ketones is 1. The highest BCUT2D eigenvalue weighted by Gasteiger charge is 2.32. The molecule has 0 atom stereocenters. The highest BCUT2D eigenvalue weighted by atomic mass is 32.1. The molecule has 0 aliphatic heterocycles. The van der Waals surface area contributed by atoms with Crippen molar-refractivity contribution in [1.29, 1.82) is 0 Å². The molecule has 1 N–H and O–H groups in total. The lowest BCUT2D eigenvalue weighted by Gasteiger charge is -2.17. The van der Waals surface area contributed by atoms with Crippen LogP contribution in [0.1, 0.15) is 45.9 Å². The zero-order valence-electron chi connectivity index (χ0n) is 19.0. The van der Waals surface area contributed by atoms with Crippen molar-refractivity contribution in [2.45, 2.75) is 26.7 Å². The molecule has 0 unspecified atom stereocenters. The average molecular weight is 459 g/mol. The summed E-state index contributed by atoms with van der Waals surface area (Å²) in [6.45, 7) is 3.64. The molecule has 0 amide bonds. The molecule has 0 saturated heterocycles. The van der Waals surface area contributed by atoms with Crippen LogP contribution in [0.4, 0.5) is 0 Å². The van der Waals surface area contributed by atoms with Crippen LogP contribution >= 0.6 is 11.3 Å². The third kappa shape index (κ3) is 3.64. The van der Waals surface area contributed by atoms with E-state index in [0.717, 1.165) is 4.88 Å². The number of Topliss-reactive ketones (excluding diaryl/α,β-unsaturated/α-hetero) is 1. The van der Waals surface area contributed by atoms with Crippen LogP contribution in [0.3, 0.4) is 0 Å². The number of carbonyl (C=O) groups is 2. The van der Waals surface area contributed by atoms with Crippen molar-refractivity contribution >= 4 is 33.2 Å². The Kier molecular flexibility index (Phi) is 6.93. The fourth-order valence-electron chi connectivity index (χ4n) is 3.81. The lowest BCUT2D eigenvalue weighted by Crippen LogP contribution is -2.13. The lowest BCUT2D eigenvalue weighted by molar-refractivity contribution is 0.0597. The number of benzene rings is 2. The second-order valence-electron chi connectivity index (χ2n) is 6.93. The lowest BCUT2D eigenvalue weighted by atomic mass is 9.89. The van der Waals surface area contributed by atoms with Crippen LogP contribution in [0, 0.1) is 0 Å². The van der Waals surface area contributed by atoms with Crippen LogP contribution < -0.4 is 14.2 Å². The van der Waals surface area contributed by atoms with Gasteiger partial charge in [-0.2, -0.15) is 0 Å². The van der Waals surface area contributed by atoms with E-state index in [1.807, 2.05) is 6.92 Å². The Morgan fingerprint density at radius 3 is 2.19 bits per heavy atom. The maximum absolute atomic E-state index is 13.0. The summed E-state index contributed by atoms with van der Waals surface area (Å²) in [5.74, 6) is 0.114. The van der Waals surface area contributed by atoms with E-state index in [0.29, 0.717) is 44.9 Å². The zero-order valence-corrected chi connectivity index (χ0v) is 19.8. The van der Waals surface area contributed by atoms with Crippen LogP contribution in [0.15, 0.2) is 18.2 Å². The number of phenolic OH excluding ortho intramolecular Hbond substituents is 1. The van der Waals surface area contributed by atoms with Gasteiger partial charge in [0.15, 0.2) is 17.3 Å². The van der Waals surface area contributed by atoms with E-state index < -0.39 is 5.97 Å². The molecular weight excluding hydrogens is 432 g/mol. The summed E-state index contributed by atoms with van der Waals surface area (Å²) in [6.07, 6.45) is 0.749. The van der Waals surface area contributed by atoms with Gasteiger partial charge in [-0.15, -0.1) is 11.3 Å². The standard InChI is InChI=1S/C24H26O7S/c1-7-13(25)18-19(24(27)31-6)17(12-9-10-14(28-3)15(11-12)29-4)23-20(21(18)26)22(30-5)16(8-2)32-23/h9-11,26H,7-8H2,1-6H3. The Balaban J connectivity index is 2.60. The van der Waals surface area contributed by atoms with E-state index in [1.54, 1.807) is 25.1 Å². The summed E-state index contributed by atoms with van der Waals surface area (Å²) in [6, 6.07) is 5.23. The van der Waals surface area contributed by atoms with E-state index in [4.69, 9.17) is 18.9 Å². The predicted molar refractivity (Wildman–Crippen MR) is 124 cm³/mol. The van der Waals surface area contributed by atoms with Crippen molar-refractivity contribution in [3.8, 4) is 34.1 Å². The molecule has 170 valence electrons. The van der Waals surface area contributed by atoms with Crippen LogP contribution in [-0.2, 0) is 11.2 Å². The monoisotopic (exact) mass is 458 g/mol. The number of fused-ring (bicyclic) bond motifs is 1. The molecule has 0 radical (unpaired) electrons. The van der Waals surface area contributed by atoms with Gasteiger partial charge in [-0.25, -0.2) is 4.79 Å². The van der Waals surface area contributed by atoms with Gasteiger partial charge in [0.05, 0.1) is 49.7 Å². The topological polar surface area (TPSA) is 91.3 Å². The minimum atomic E-state index is -0.714. The molecule has 0 saturated carbocycles. The number of aryl methyl sites for hydroxylation is 1. The maximum atomic E-state index is 13.0. The number of rotatable bonds is 8. The van der Waals surface area contributed by atoms with Gasteiger partial charge in [0, 0.05) is 16.9 Å².